The van der Waals surface area contributed by atoms with Crippen LogP contribution >= 0.6 is 0 Å². The second kappa shape index (κ2) is 7.23. The first kappa shape index (κ1) is 16.9. The third-order valence-corrected chi connectivity index (χ3v) is 3.00. The highest BCUT2D eigenvalue weighted by atomic mass is 19.3. The number of halogens is 2. The molecule has 7 nitrogen and oxygen atoms in total. The van der Waals surface area contributed by atoms with Gasteiger partial charge in [-0.05, 0) is 19.9 Å². The molecule has 2 heterocycles. The predicted molar refractivity (Wildman–Crippen MR) is 77.2 cm³/mol. The van der Waals surface area contributed by atoms with Crippen LogP contribution in [0.2, 0.25) is 0 Å². The van der Waals surface area contributed by atoms with Gasteiger partial charge in [0.2, 0.25) is 0 Å². The lowest BCUT2D eigenvalue weighted by Crippen LogP contribution is -2.42. The first-order valence-electron chi connectivity index (χ1n) is 6.90. The van der Waals surface area contributed by atoms with Crippen LogP contribution in [0, 0.1) is 6.92 Å². The summed E-state index contributed by atoms with van der Waals surface area (Å²) in [7, 11) is 0. The van der Waals surface area contributed by atoms with E-state index in [2.05, 4.69) is 10.5 Å². The van der Waals surface area contributed by atoms with Gasteiger partial charge in [0.25, 0.3) is 6.43 Å². The van der Waals surface area contributed by atoms with Gasteiger partial charge in [0.05, 0.1) is 24.5 Å². The molecule has 2 N–H and O–H groups in total. The largest absolute Gasteiger partial charge is 0.469 e. The molecule has 0 aliphatic carbocycles. The molecule has 0 aliphatic rings. The number of carbonyl (C=O) groups is 1. The zero-order chi connectivity index (χ0) is 17.0. The highest BCUT2D eigenvalue weighted by Gasteiger charge is 2.21. The highest BCUT2D eigenvalue weighted by molar-refractivity contribution is 5.88. The Bertz CT molecular complexity index is 644. The zero-order valence-electron chi connectivity index (χ0n) is 12.6. The van der Waals surface area contributed by atoms with E-state index in [1.165, 1.54) is 19.3 Å². The molecule has 126 valence electrons. The minimum Gasteiger partial charge on any atom is -0.469 e. The average molecular weight is 329 g/mol. The number of amides is 2. The van der Waals surface area contributed by atoms with Crippen molar-refractivity contribution in [1.29, 1.82) is 0 Å². The predicted octanol–water partition coefficient (Wildman–Crippen LogP) is 2.72. The first-order chi connectivity index (χ1) is 10.9. The fourth-order valence-electron chi connectivity index (χ4n) is 2.02. The monoisotopic (exact) mass is 329 g/mol. The van der Waals surface area contributed by atoms with Crippen LogP contribution < -0.4 is 5.32 Å². The maximum atomic E-state index is 12.5. The van der Waals surface area contributed by atoms with E-state index in [0.717, 1.165) is 4.90 Å². The van der Waals surface area contributed by atoms with Gasteiger partial charge in [-0.25, -0.2) is 13.6 Å². The molecule has 2 aromatic heterocycles. The van der Waals surface area contributed by atoms with Crippen LogP contribution in [-0.2, 0) is 0 Å². The Hall–Kier alpha value is -2.42. The summed E-state index contributed by atoms with van der Waals surface area (Å²) in [5, 5.41) is 15.3. The fourth-order valence-corrected chi connectivity index (χ4v) is 2.02. The van der Waals surface area contributed by atoms with Crippen LogP contribution in [0.5, 0.6) is 0 Å². The van der Waals surface area contributed by atoms with Gasteiger partial charge in [0.1, 0.15) is 5.76 Å². The number of anilines is 1. The number of aryl methyl sites for hydroxylation is 1. The van der Waals surface area contributed by atoms with Crippen molar-refractivity contribution in [3.8, 4) is 11.3 Å². The first-order valence-corrected chi connectivity index (χ1v) is 6.90. The van der Waals surface area contributed by atoms with Gasteiger partial charge in [-0.3, -0.25) is 5.32 Å². The number of carbonyl (C=O) groups excluding carboxylic acids is 1. The minimum absolute atomic E-state index is 0.0791. The number of alkyl halides is 2. The molecule has 0 fully saturated rings. The fraction of sp³-hybridized carbons (Fsp3) is 0.429. The van der Waals surface area contributed by atoms with Crippen molar-refractivity contribution in [2.75, 3.05) is 18.4 Å². The van der Waals surface area contributed by atoms with Crippen molar-refractivity contribution in [1.82, 2.24) is 10.1 Å². The number of aromatic nitrogens is 1. The Balaban J connectivity index is 2.06. The van der Waals surface area contributed by atoms with Crippen molar-refractivity contribution in [2.45, 2.75) is 26.4 Å². The molecule has 0 saturated carbocycles. The van der Waals surface area contributed by atoms with Crippen molar-refractivity contribution >= 4 is 11.8 Å². The number of hydrogen-bond acceptors (Lipinski definition) is 5. The molecule has 0 aromatic carbocycles. The van der Waals surface area contributed by atoms with Gasteiger partial charge in [-0.1, -0.05) is 5.16 Å². The van der Waals surface area contributed by atoms with Gasteiger partial charge in [-0.15, -0.1) is 0 Å². The van der Waals surface area contributed by atoms with Crippen LogP contribution in [0.25, 0.3) is 11.3 Å². The summed E-state index contributed by atoms with van der Waals surface area (Å²) in [6, 6.07) is 2.34. The number of urea groups is 1. The minimum atomic E-state index is -2.71. The molecule has 0 spiro atoms. The van der Waals surface area contributed by atoms with Gasteiger partial charge in [0, 0.05) is 12.6 Å². The van der Waals surface area contributed by atoms with Crippen LogP contribution in [0.4, 0.5) is 19.4 Å². The molecule has 2 amide bonds. The molecule has 2 aromatic rings. The molecular weight excluding hydrogens is 312 g/mol. The Morgan fingerprint density at radius 1 is 1.48 bits per heavy atom. The van der Waals surface area contributed by atoms with E-state index in [9.17, 15) is 18.7 Å². The van der Waals surface area contributed by atoms with Crippen molar-refractivity contribution < 1.29 is 27.6 Å². The van der Waals surface area contributed by atoms with Crippen molar-refractivity contribution in [3.05, 3.63) is 24.2 Å². The molecule has 0 bridgehead atoms. The summed E-state index contributed by atoms with van der Waals surface area (Å²) in [6.45, 7) is 2.13. The number of aliphatic hydroxyl groups excluding tert-OH is 1. The normalized spacial score (nSPS) is 12.4. The van der Waals surface area contributed by atoms with Crippen molar-refractivity contribution in [2.24, 2.45) is 0 Å². The average Bonchev–Trinajstić information content (AvgIpc) is 3.05. The topological polar surface area (TPSA) is 91.7 Å². The second-order valence-corrected chi connectivity index (χ2v) is 5.04. The van der Waals surface area contributed by atoms with Gasteiger partial charge >= 0.3 is 6.03 Å². The molecular formula is C14H17F2N3O4. The van der Waals surface area contributed by atoms with E-state index >= 15 is 0 Å². The Morgan fingerprint density at radius 2 is 2.22 bits per heavy atom. The number of nitrogens with one attached hydrogen (secondary N) is 1. The summed E-state index contributed by atoms with van der Waals surface area (Å²) in [6.07, 6.45) is -2.15. The van der Waals surface area contributed by atoms with Crippen LogP contribution in [0.1, 0.15) is 12.7 Å². The Kier molecular flexibility index (Phi) is 5.32. The summed E-state index contributed by atoms with van der Waals surface area (Å²) in [5.41, 5.74) is 0.673. The highest BCUT2D eigenvalue weighted by Crippen LogP contribution is 2.26. The summed E-state index contributed by atoms with van der Waals surface area (Å²) in [5.74, 6) is 1.07. The second-order valence-electron chi connectivity index (χ2n) is 5.04. The maximum absolute atomic E-state index is 12.5. The molecule has 1 unspecified atom stereocenters. The Labute approximate surface area is 130 Å². The molecule has 2 rings (SSSR count). The van der Waals surface area contributed by atoms with Crippen LogP contribution in [0.15, 0.2) is 27.3 Å². The zero-order valence-corrected chi connectivity index (χ0v) is 12.6. The van der Waals surface area contributed by atoms with E-state index in [-0.39, 0.29) is 12.4 Å². The third kappa shape index (κ3) is 4.52. The lowest BCUT2D eigenvalue weighted by Gasteiger charge is -2.23. The number of rotatable bonds is 6. The summed E-state index contributed by atoms with van der Waals surface area (Å²) < 4.78 is 35.3. The van der Waals surface area contributed by atoms with E-state index < -0.39 is 25.1 Å². The number of hydrogen-bond donors (Lipinski definition) is 2. The Morgan fingerprint density at radius 3 is 2.78 bits per heavy atom. The molecule has 0 aliphatic heterocycles. The van der Waals surface area contributed by atoms with E-state index in [1.807, 2.05) is 0 Å². The van der Waals surface area contributed by atoms with Crippen molar-refractivity contribution in [3.63, 3.8) is 0 Å². The molecule has 0 radical (unpaired) electrons. The van der Waals surface area contributed by atoms with Gasteiger partial charge in [-0.2, -0.15) is 0 Å². The number of nitrogens with zero attached hydrogens (tertiary/aromatic N) is 2. The lowest BCUT2D eigenvalue weighted by atomic mass is 10.2. The quantitative estimate of drug-likeness (QED) is 0.850. The van der Waals surface area contributed by atoms with Crippen LogP contribution in [0.3, 0.4) is 0 Å². The molecule has 9 heteroatoms. The lowest BCUT2D eigenvalue weighted by molar-refractivity contribution is 0.0781. The molecule has 0 saturated heterocycles. The van der Waals surface area contributed by atoms with Crippen LogP contribution in [-0.4, -0.2) is 46.8 Å². The SMILES string of the molecule is Cc1occc1-c1cc(NC(=O)N(CC(C)O)CC(F)F)no1. The number of aliphatic hydroxyl groups is 1. The number of furan rings is 1. The smallest absolute Gasteiger partial charge is 0.323 e. The van der Waals surface area contributed by atoms with E-state index in [1.54, 1.807) is 13.0 Å². The van der Waals surface area contributed by atoms with E-state index in [0.29, 0.717) is 17.1 Å². The third-order valence-electron chi connectivity index (χ3n) is 3.00. The summed E-state index contributed by atoms with van der Waals surface area (Å²) >= 11 is 0. The standard InChI is InChI=1S/C14H17F2N3O4/c1-8(20)6-19(7-12(15)16)14(21)17-13-5-11(23-18-13)10-3-4-22-9(10)2/h3-5,8,12,20H,6-7H2,1-2H3,(H,17,18,21). The maximum Gasteiger partial charge on any atom is 0.323 e. The summed E-state index contributed by atoms with van der Waals surface area (Å²) in [4.78, 5) is 12.8. The van der Waals surface area contributed by atoms with Gasteiger partial charge < -0.3 is 18.9 Å². The van der Waals surface area contributed by atoms with Gasteiger partial charge in [0.15, 0.2) is 11.6 Å². The molecule has 1 atom stereocenters. The van der Waals surface area contributed by atoms with E-state index in [4.69, 9.17) is 8.94 Å². The molecule has 23 heavy (non-hydrogen) atoms.